The van der Waals surface area contributed by atoms with Gasteiger partial charge < -0.3 is 0 Å². The normalized spacial score (nSPS) is 9.40. The number of carbonyl (C=O) groups excluding carboxylic acids is 1. The number of carbonyl (C=O) groups is 1. The SMILES string of the molecule is O=C(Cl)c1nccnc1Cl. The number of halogens is 2. The molecule has 1 aromatic rings. The molecule has 0 aliphatic heterocycles. The van der Waals surface area contributed by atoms with Gasteiger partial charge in [0.05, 0.1) is 0 Å². The van der Waals surface area contributed by atoms with Crippen LogP contribution in [0.5, 0.6) is 0 Å². The summed E-state index contributed by atoms with van der Waals surface area (Å²) in [6.07, 6.45) is 2.73. The van der Waals surface area contributed by atoms with Crippen LogP contribution in [0.15, 0.2) is 12.4 Å². The van der Waals surface area contributed by atoms with E-state index in [4.69, 9.17) is 23.2 Å². The first-order valence-corrected chi connectivity index (χ1v) is 3.13. The molecule has 0 N–H and O–H groups in total. The first-order chi connectivity index (χ1) is 4.72. The van der Waals surface area contributed by atoms with Crippen LogP contribution in [-0.4, -0.2) is 15.2 Å². The van der Waals surface area contributed by atoms with Crippen molar-refractivity contribution in [3.8, 4) is 0 Å². The van der Waals surface area contributed by atoms with Gasteiger partial charge in [-0.25, -0.2) is 9.97 Å². The van der Waals surface area contributed by atoms with Crippen LogP contribution in [0.3, 0.4) is 0 Å². The number of hydrogen-bond donors (Lipinski definition) is 0. The summed E-state index contributed by atoms with van der Waals surface area (Å²) < 4.78 is 0. The Labute approximate surface area is 67.0 Å². The lowest BCUT2D eigenvalue weighted by Crippen LogP contribution is -1.95. The standard InChI is InChI=1S/C5H2Cl2N2O/c6-4-3(5(7)10)8-1-2-9-4/h1-2H. The molecular formula is C5H2Cl2N2O. The minimum absolute atomic E-state index is 0.00849. The van der Waals surface area contributed by atoms with Crippen molar-refractivity contribution in [2.75, 3.05) is 0 Å². The van der Waals surface area contributed by atoms with Crippen LogP contribution >= 0.6 is 23.2 Å². The lowest BCUT2D eigenvalue weighted by atomic mass is 10.5. The second kappa shape index (κ2) is 2.94. The van der Waals surface area contributed by atoms with E-state index in [1.807, 2.05) is 0 Å². The van der Waals surface area contributed by atoms with Crippen LogP contribution in [0.25, 0.3) is 0 Å². The van der Waals surface area contributed by atoms with E-state index in [2.05, 4.69) is 9.97 Å². The van der Waals surface area contributed by atoms with Gasteiger partial charge in [-0.2, -0.15) is 0 Å². The van der Waals surface area contributed by atoms with Gasteiger partial charge in [-0.05, 0) is 11.6 Å². The lowest BCUT2D eigenvalue weighted by Gasteiger charge is -1.91. The van der Waals surface area contributed by atoms with Gasteiger partial charge in [0.25, 0.3) is 5.24 Å². The van der Waals surface area contributed by atoms with Crippen LogP contribution in [0.1, 0.15) is 10.5 Å². The number of rotatable bonds is 1. The maximum Gasteiger partial charge on any atom is 0.274 e. The predicted molar refractivity (Wildman–Crippen MR) is 37.2 cm³/mol. The second-order valence-corrected chi connectivity index (χ2v) is 2.17. The van der Waals surface area contributed by atoms with Crippen LogP contribution in [0, 0.1) is 0 Å². The van der Waals surface area contributed by atoms with Crippen LogP contribution in [0.2, 0.25) is 5.15 Å². The maximum absolute atomic E-state index is 10.4. The van der Waals surface area contributed by atoms with E-state index < -0.39 is 5.24 Å². The van der Waals surface area contributed by atoms with Gasteiger partial charge in [0.1, 0.15) is 0 Å². The Bertz CT molecular complexity index is 264. The summed E-state index contributed by atoms with van der Waals surface area (Å²) in [4.78, 5) is 17.6. The van der Waals surface area contributed by atoms with Crippen LogP contribution in [-0.2, 0) is 0 Å². The maximum atomic E-state index is 10.4. The zero-order valence-electron chi connectivity index (χ0n) is 4.71. The summed E-state index contributed by atoms with van der Waals surface area (Å²) in [5.74, 6) is 0. The Morgan fingerprint density at radius 2 is 2.00 bits per heavy atom. The zero-order chi connectivity index (χ0) is 7.56. The second-order valence-electron chi connectivity index (χ2n) is 1.47. The average molecular weight is 177 g/mol. The number of nitrogens with zero attached hydrogens (tertiary/aromatic N) is 2. The molecule has 52 valence electrons. The summed E-state index contributed by atoms with van der Waals surface area (Å²) in [5.41, 5.74) is -0.00849. The van der Waals surface area contributed by atoms with Gasteiger partial charge in [-0.1, -0.05) is 11.6 Å². The lowest BCUT2D eigenvalue weighted by molar-refractivity contribution is 0.107. The van der Waals surface area contributed by atoms with Crippen molar-refractivity contribution >= 4 is 28.4 Å². The van der Waals surface area contributed by atoms with E-state index in [-0.39, 0.29) is 10.8 Å². The molecule has 3 nitrogen and oxygen atoms in total. The summed E-state index contributed by atoms with van der Waals surface area (Å²) in [5, 5.41) is -0.666. The van der Waals surface area contributed by atoms with Gasteiger partial charge in [0.15, 0.2) is 10.8 Å². The van der Waals surface area contributed by atoms with Gasteiger partial charge in [-0.3, -0.25) is 4.79 Å². The molecule has 1 heterocycles. The van der Waals surface area contributed by atoms with E-state index in [9.17, 15) is 4.79 Å². The minimum Gasteiger partial charge on any atom is -0.274 e. The third kappa shape index (κ3) is 1.43. The molecule has 1 rings (SSSR count). The molecule has 0 atom stereocenters. The Balaban J connectivity index is 3.15. The van der Waals surface area contributed by atoms with Gasteiger partial charge in [0, 0.05) is 12.4 Å². The van der Waals surface area contributed by atoms with Crippen molar-refractivity contribution in [3.63, 3.8) is 0 Å². The summed E-state index contributed by atoms with van der Waals surface area (Å²) >= 11 is 10.5. The molecule has 0 saturated heterocycles. The molecule has 0 saturated carbocycles. The molecule has 0 aliphatic carbocycles. The van der Waals surface area contributed by atoms with Crippen LogP contribution in [0.4, 0.5) is 0 Å². The Morgan fingerprint density at radius 1 is 1.40 bits per heavy atom. The summed E-state index contributed by atoms with van der Waals surface area (Å²) in [6, 6.07) is 0. The van der Waals surface area contributed by atoms with Gasteiger partial charge in [0.2, 0.25) is 0 Å². The molecule has 0 aliphatic rings. The average Bonchev–Trinajstić information content (AvgIpc) is 1.88. The summed E-state index contributed by atoms with van der Waals surface area (Å²) in [6.45, 7) is 0. The molecular weight excluding hydrogens is 175 g/mol. The molecule has 1 aromatic heterocycles. The highest BCUT2D eigenvalue weighted by atomic mass is 35.5. The van der Waals surface area contributed by atoms with Crippen molar-refractivity contribution in [3.05, 3.63) is 23.2 Å². The van der Waals surface area contributed by atoms with E-state index in [0.29, 0.717) is 0 Å². The molecule has 0 amide bonds. The molecule has 0 radical (unpaired) electrons. The molecule has 0 bridgehead atoms. The van der Waals surface area contributed by atoms with Crippen molar-refractivity contribution in [2.45, 2.75) is 0 Å². The van der Waals surface area contributed by atoms with E-state index in [1.165, 1.54) is 12.4 Å². The Morgan fingerprint density at radius 3 is 2.40 bits per heavy atom. The minimum atomic E-state index is -0.696. The number of hydrogen-bond acceptors (Lipinski definition) is 3. The third-order valence-corrected chi connectivity index (χ3v) is 1.30. The van der Waals surface area contributed by atoms with E-state index in [0.717, 1.165) is 0 Å². The first-order valence-electron chi connectivity index (χ1n) is 2.38. The largest absolute Gasteiger partial charge is 0.274 e. The first kappa shape index (κ1) is 7.44. The highest BCUT2D eigenvalue weighted by molar-refractivity contribution is 6.68. The van der Waals surface area contributed by atoms with Gasteiger partial charge >= 0.3 is 0 Å². The Kier molecular flexibility index (Phi) is 2.19. The van der Waals surface area contributed by atoms with Crippen LogP contribution < -0.4 is 0 Å². The van der Waals surface area contributed by atoms with E-state index >= 15 is 0 Å². The predicted octanol–water partition coefficient (Wildman–Crippen LogP) is 1.51. The molecule has 10 heavy (non-hydrogen) atoms. The molecule has 0 spiro atoms. The van der Waals surface area contributed by atoms with E-state index in [1.54, 1.807) is 0 Å². The topological polar surface area (TPSA) is 42.9 Å². The number of aromatic nitrogens is 2. The third-order valence-electron chi connectivity index (χ3n) is 0.840. The summed E-state index contributed by atoms with van der Waals surface area (Å²) in [7, 11) is 0. The van der Waals surface area contributed by atoms with Crippen molar-refractivity contribution in [1.82, 2.24) is 9.97 Å². The van der Waals surface area contributed by atoms with Gasteiger partial charge in [-0.15, -0.1) is 0 Å². The zero-order valence-corrected chi connectivity index (χ0v) is 6.23. The Hall–Kier alpha value is -0.670. The fourth-order valence-corrected chi connectivity index (χ4v) is 0.831. The molecule has 0 unspecified atom stereocenters. The highest BCUT2D eigenvalue weighted by Gasteiger charge is 2.07. The molecule has 5 heteroatoms. The van der Waals surface area contributed by atoms with Crippen molar-refractivity contribution < 1.29 is 4.79 Å². The fourth-order valence-electron chi connectivity index (χ4n) is 0.453. The molecule has 0 fully saturated rings. The van der Waals surface area contributed by atoms with Crippen molar-refractivity contribution in [2.24, 2.45) is 0 Å². The van der Waals surface area contributed by atoms with Crippen molar-refractivity contribution in [1.29, 1.82) is 0 Å². The monoisotopic (exact) mass is 176 g/mol. The quantitative estimate of drug-likeness (QED) is 0.610. The smallest absolute Gasteiger partial charge is 0.274 e. The fraction of sp³-hybridized carbons (Fsp3) is 0. The molecule has 0 aromatic carbocycles. The highest BCUT2D eigenvalue weighted by Crippen LogP contribution is 2.09.